The normalized spacial score (nSPS) is 19.6. The number of hydrogen-bond donors (Lipinski definition) is 1. The summed E-state index contributed by atoms with van der Waals surface area (Å²) in [7, 11) is 3.47. The molecule has 0 spiro atoms. The fourth-order valence-electron chi connectivity index (χ4n) is 5.48. The van der Waals surface area contributed by atoms with E-state index in [9.17, 15) is 9.59 Å². The molecule has 180 valence electrons. The van der Waals surface area contributed by atoms with Gasteiger partial charge in [0.05, 0.1) is 18.4 Å². The predicted molar refractivity (Wildman–Crippen MR) is 127 cm³/mol. The fraction of sp³-hybridized carbons (Fsp3) is 0.680. The Hall–Kier alpha value is -2.64. The molecule has 0 aromatic carbocycles. The quantitative estimate of drug-likeness (QED) is 0.722. The molecule has 1 saturated heterocycles. The first kappa shape index (κ1) is 23.5. The smallest absolute Gasteiger partial charge is 0.242 e. The van der Waals surface area contributed by atoms with Gasteiger partial charge in [-0.15, -0.1) is 5.10 Å². The van der Waals surface area contributed by atoms with E-state index in [2.05, 4.69) is 10.4 Å². The van der Waals surface area contributed by atoms with Crippen molar-refractivity contribution in [2.24, 2.45) is 13.0 Å². The first-order chi connectivity index (χ1) is 15.9. The highest BCUT2D eigenvalue weighted by Gasteiger charge is 2.30. The standard InChI is InChI=1S/C25H37N5O3/c1-16-20(17(2)26-23-22(16)25(33-4)28-29(23)3)12-13-21(31)30-14-8-9-18(15-30)24(32)27-19-10-6-5-7-11-19/h18-19H,5-15H2,1-4H3,(H,27,32). The largest absolute Gasteiger partial charge is 0.479 e. The minimum Gasteiger partial charge on any atom is -0.479 e. The van der Waals surface area contributed by atoms with Crippen LogP contribution in [0.25, 0.3) is 11.0 Å². The Kier molecular flexibility index (Phi) is 7.20. The number of fused-ring (bicyclic) bond motifs is 1. The molecule has 2 aromatic heterocycles. The number of rotatable bonds is 6. The van der Waals surface area contributed by atoms with Gasteiger partial charge < -0.3 is 15.0 Å². The first-order valence-electron chi connectivity index (χ1n) is 12.3. The van der Waals surface area contributed by atoms with Crippen LogP contribution in [-0.2, 0) is 23.1 Å². The lowest BCUT2D eigenvalue weighted by Crippen LogP contribution is -2.48. The first-order valence-corrected chi connectivity index (χ1v) is 12.3. The third kappa shape index (κ3) is 4.99. The SMILES string of the molecule is COc1nn(C)c2nc(C)c(CCC(=O)N3CCCC(C(=O)NC4CCCCC4)C3)c(C)c12. The van der Waals surface area contributed by atoms with Gasteiger partial charge in [-0.05, 0) is 57.1 Å². The van der Waals surface area contributed by atoms with E-state index >= 15 is 0 Å². The molecule has 4 rings (SSSR count). The Morgan fingerprint density at radius 2 is 1.88 bits per heavy atom. The van der Waals surface area contributed by atoms with E-state index in [1.165, 1.54) is 19.3 Å². The van der Waals surface area contributed by atoms with Crippen LogP contribution in [-0.4, -0.2) is 57.7 Å². The van der Waals surface area contributed by atoms with Crippen molar-refractivity contribution in [3.63, 3.8) is 0 Å². The van der Waals surface area contributed by atoms with E-state index in [1.807, 2.05) is 25.8 Å². The lowest BCUT2D eigenvalue weighted by molar-refractivity contribution is -0.136. The minimum absolute atomic E-state index is 0.0919. The average Bonchev–Trinajstić information content (AvgIpc) is 3.15. The van der Waals surface area contributed by atoms with Crippen molar-refractivity contribution < 1.29 is 14.3 Å². The molecule has 33 heavy (non-hydrogen) atoms. The van der Waals surface area contributed by atoms with Gasteiger partial charge in [-0.25, -0.2) is 9.67 Å². The Labute approximate surface area is 196 Å². The number of aromatic nitrogens is 3. The summed E-state index contributed by atoms with van der Waals surface area (Å²) >= 11 is 0. The van der Waals surface area contributed by atoms with Crippen LogP contribution in [0.3, 0.4) is 0 Å². The van der Waals surface area contributed by atoms with Crippen molar-refractivity contribution >= 4 is 22.8 Å². The number of likely N-dealkylation sites (tertiary alicyclic amines) is 1. The molecule has 0 bridgehead atoms. The van der Waals surface area contributed by atoms with Gasteiger partial charge in [0.25, 0.3) is 0 Å². The third-order valence-corrected chi connectivity index (χ3v) is 7.40. The molecule has 1 unspecified atom stereocenters. The number of pyridine rings is 1. The van der Waals surface area contributed by atoms with E-state index in [4.69, 9.17) is 9.72 Å². The molecule has 1 saturated carbocycles. The van der Waals surface area contributed by atoms with Gasteiger partial charge in [0.2, 0.25) is 17.7 Å². The van der Waals surface area contributed by atoms with Crippen LogP contribution < -0.4 is 10.1 Å². The van der Waals surface area contributed by atoms with Gasteiger partial charge in [-0.2, -0.15) is 0 Å². The third-order valence-electron chi connectivity index (χ3n) is 7.40. The van der Waals surface area contributed by atoms with Crippen LogP contribution in [0.5, 0.6) is 5.88 Å². The predicted octanol–water partition coefficient (Wildman–Crippen LogP) is 3.21. The summed E-state index contributed by atoms with van der Waals surface area (Å²) in [5.41, 5.74) is 3.85. The molecule has 2 aromatic rings. The monoisotopic (exact) mass is 455 g/mol. The number of amides is 2. The highest BCUT2D eigenvalue weighted by Crippen LogP contribution is 2.30. The van der Waals surface area contributed by atoms with Gasteiger partial charge in [0, 0.05) is 38.3 Å². The molecule has 3 heterocycles. The molecule has 1 aliphatic heterocycles. The second-order valence-electron chi connectivity index (χ2n) is 9.65. The van der Waals surface area contributed by atoms with Gasteiger partial charge in [-0.1, -0.05) is 19.3 Å². The highest BCUT2D eigenvalue weighted by molar-refractivity contribution is 5.86. The molecule has 8 nitrogen and oxygen atoms in total. The van der Waals surface area contributed by atoms with Crippen LogP contribution >= 0.6 is 0 Å². The number of aryl methyl sites for hydroxylation is 3. The second-order valence-corrected chi connectivity index (χ2v) is 9.65. The van der Waals surface area contributed by atoms with E-state index < -0.39 is 0 Å². The molecule has 8 heteroatoms. The number of nitrogens with one attached hydrogen (secondary N) is 1. The Morgan fingerprint density at radius 1 is 1.12 bits per heavy atom. The lowest BCUT2D eigenvalue weighted by atomic mass is 9.92. The maximum absolute atomic E-state index is 13.1. The van der Waals surface area contributed by atoms with Gasteiger partial charge in [0.15, 0.2) is 5.65 Å². The summed E-state index contributed by atoms with van der Waals surface area (Å²) in [5.74, 6) is 0.713. The lowest BCUT2D eigenvalue weighted by Gasteiger charge is -2.33. The van der Waals surface area contributed by atoms with Crippen LogP contribution in [0, 0.1) is 19.8 Å². The topological polar surface area (TPSA) is 89.3 Å². The average molecular weight is 456 g/mol. The second kappa shape index (κ2) is 10.1. The van der Waals surface area contributed by atoms with Crippen LogP contribution in [0.4, 0.5) is 0 Å². The van der Waals surface area contributed by atoms with Crippen molar-refractivity contribution in [3.05, 3.63) is 16.8 Å². The maximum Gasteiger partial charge on any atom is 0.242 e. The highest BCUT2D eigenvalue weighted by atomic mass is 16.5. The summed E-state index contributed by atoms with van der Waals surface area (Å²) in [6.45, 7) is 5.30. The summed E-state index contributed by atoms with van der Waals surface area (Å²) in [5, 5.41) is 8.56. The Balaban J connectivity index is 1.39. The van der Waals surface area contributed by atoms with E-state index in [-0.39, 0.29) is 17.7 Å². The summed E-state index contributed by atoms with van der Waals surface area (Å²) in [6, 6.07) is 0.315. The number of nitrogens with zero attached hydrogens (tertiary/aromatic N) is 4. The van der Waals surface area contributed by atoms with E-state index in [0.717, 1.165) is 60.1 Å². The van der Waals surface area contributed by atoms with Crippen molar-refractivity contribution in [1.29, 1.82) is 0 Å². The fourth-order valence-corrected chi connectivity index (χ4v) is 5.48. The Morgan fingerprint density at radius 3 is 2.61 bits per heavy atom. The summed E-state index contributed by atoms with van der Waals surface area (Å²) in [4.78, 5) is 32.5. The van der Waals surface area contributed by atoms with Crippen LogP contribution in [0.15, 0.2) is 0 Å². The molecule has 1 N–H and O–H groups in total. The molecule has 2 amide bonds. The number of carbonyl (C=O) groups excluding carboxylic acids is 2. The molecule has 0 radical (unpaired) electrons. The van der Waals surface area contributed by atoms with E-state index in [0.29, 0.717) is 31.3 Å². The molecular formula is C25H37N5O3. The van der Waals surface area contributed by atoms with Gasteiger partial charge in [0.1, 0.15) is 0 Å². The zero-order chi connectivity index (χ0) is 23.5. The molecular weight excluding hydrogens is 418 g/mol. The maximum atomic E-state index is 13.1. The molecule has 2 fully saturated rings. The van der Waals surface area contributed by atoms with E-state index in [1.54, 1.807) is 11.8 Å². The molecule has 2 aliphatic rings. The van der Waals surface area contributed by atoms with Crippen LogP contribution in [0.2, 0.25) is 0 Å². The zero-order valence-electron chi connectivity index (χ0n) is 20.4. The number of piperidine rings is 1. The zero-order valence-corrected chi connectivity index (χ0v) is 20.4. The van der Waals surface area contributed by atoms with Crippen molar-refractivity contribution in [3.8, 4) is 5.88 Å². The van der Waals surface area contributed by atoms with Crippen molar-refractivity contribution in [1.82, 2.24) is 25.0 Å². The summed E-state index contributed by atoms with van der Waals surface area (Å²) in [6.07, 6.45) is 8.61. The van der Waals surface area contributed by atoms with Crippen LogP contribution in [0.1, 0.15) is 68.2 Å². The number of carbonyl (C=O) groups is 2. The molecule has 1 atom stereocenters. The number of hydrogen-bond acceptors (Lipinski definition) is 5. The summed E-state index contributed by atoms with van der Waals surface area (Å²) < 4.78 is 7.18. The minimum atomic E-state index is -0.0919. The van der Waals surface area contributed by atoms with Crippen molar-refractivity contribution in [2.45, 2.75) is 77.7 Å². The van der Waals surface area contributed by atoms with Gasteiger partial charge >= 0.3 is 0 Å². The van der Waals surface area contributed by atoms with Gasteiger partial charge in [-0.3, -0.25) is 9.59 Å². The van der Waals surface area contributed by atoms with Crippen molar-refractivity contribution in [2.75, 3.05) is 20.2 Å². The molecule has 1 aliphatic carbocycles. The number of ether oxygens (including phenoxy) is 1. The Bertz CT molecular complexity index is 1020. The number of methoxy groups -OCH3 is 1.